The highest BCUT2D eigenvalue weighted by atomic mass is 32.1. The Bertz CT molecular complexity index is 1370. The Balaban J connectivity index is 1.49. The summed E-state index contributed by atoms with van der Waals surface area (Å²) in [5.74, 6) is 0.916. The molecule has 4 aromatic rings. The van der Waals surface area contributed by atoms with Crippen LogP contribution in [0.5, 0.6) is 5.75 Å². The van der Waals surface area contributed by atoms with Gasteiger partial charge in [-0.05, 0) is 38.7 Å². The number of methoxy groups -OCH3 is 1. The second kappa shape index (κ2) is 10.4. The van der Waals surface area contributed by atoms with Gasteiger partial charge in [0.05, 0.1) is 24.2 Å². The van der Waals surface area contributed by atoms with Crippen molar-refractivity contribution in [2.45, 2.75) is 72.4 Å². The third kappa shape index (κ3) is 4.61. The van der Waals surface area contributed by atoms with Crippen LogP contribution >= 0.6 is 11.3 Å². The molecule has 0 aliphatic carbocycles. The number of nitrogens with one attached hydrogen (secondary N) is 1. The molecule has 1 saturated heterocycles. The fourth-order valence-electron chi connectivity index (χ4n) is 5.66. The van der Waals surface area contributed by atoms with E-state index >= 15 is 0 Å². The van der Waals surface area contributed by atoms with Crippen LogP contribution in [0.25, 0.3) is 27.6 Å². The number of aromatic nitrogens is 6. The molecule has 0 aromatic carbocycles. The molecule has 0 spiro atoms. The average molecular weight is 523 g/mol. The Morgan fingerprint density at radius 1 is 1.22 bits per heavy atom. The maximum absolute atomic E-state index is 5.59. The summed E-state index contributed by atoms with van der Waals surface area (Å²) in [6.07, 6.45) is 5.91. The second-order valence-electron chi connectivity index (χ2n) is 10.3. The molecule has 198 valence electrons. The first kappa shape index (κ1) is 25.7. The van der Waals surface area contributed by atoms with Gasteiger partial charge in [0.2, 0.25) is 0 Å². The lowest BCUT2D eigenvalue weighted by molar-refractivity contribution is 0.156. The van der Waals surface area contributed by atoms with Crippen LogP contribution in [0.3, 0.4) is 0 Å². The van der Waals surface area contributed by atoms with E-state index in [1.807, 2.05) is 12.3 Å². The first-order chi connectivity index (χ1) is 17.9. The van der Waals surface area contributed by atoms with Crippen molar-refractivity contribution in [3.63, 3.8) is 0 Å². The molecule has 37 heavy (non-hydrogen) atoms. The first-order valence-corrected chi connectivity index (χ1v) is 14.1. The average Bonchev–Trinajstić information content (AvgIpc) is 3.62. The van der Waals surface area contributed by atoms with E-state index in [1.54, 1.807) is 23.0 Å². The third-order valence-corrected chi connectivity index (χ3v) is 8.79. The predicted octanol–water partition coefficient (Wildman–Crippen LogP) is 5.38. The Kier molecular flexibility index (Phi) is 7.22. The molecular formula is C27H38N8OS. The Labute approximate surface area is 222 Å². The summed E-state index contributed by atoms with van der Waals surface area (Å²) in [4.78, 5) is 14.6. The lowest BCUT2D eigenvalue weighted by atomic mass is 9.97. The number of pyridine rings is 1. The maximum atomic E-state index is 5.59. The number of hydrogen-bond acceptors (Lipinski definition) is 8. The zero-order chi connectivity index (χ0) is 26.3. The molecule has 0 amide bonds. The van der Waals surface area contributed by atoms with E-state index in [4.69, 9.17) is 14.8 Å². The van der Waals surface area contributed by atoms with E-state index in [0.717, 1.165) is 52.9 Å². The number of hydrogen-bond donors (Lipinski definition) is 1. The van der Waals surface area contributed by atoms with Crippen LogP contribution in [0.4, 0.5) is 5.00 Å². The molecule has 10 heteroatoms. The van der Waals surface area contributed by atoms with E-state index in [9.17, 15) is 0 Å². The number of fused-ring (bicyclic) bond motifs is 1. The molecule has 9 nitrogen and oxygen atoms in total. The van der Waals surface area contributed by atoms with Crippen molar-refractivity contribution in [1.29, 1.82) is 0 Å². The van der Waals surface area contributed by atoms with Crippen molar-refractivity contribution in [3.8, 4) is 27.7 Å². The molecule has 4 aromatic heterocycles. The molecule has 1 unspecified atom stereocenters. The van der Waals surface area contributed by atoms with Gasteiger partial charge in [0.25, 0.3) is 0 Å². The number of aromatic amines is 1. The Morgan fingerprint density at radius 3 is 2.68 bits per heavy atom. The third-order valence-electron chi connectivity index (χ3n) is 7.58. The van der Waals surface area contributed by atoms with Crippen LogP contribution in [-0.2, 0) is 0 Å². The van der Waals surface area contributed by atoms with Crippen molar-refractivity contribution < 1.29 is 4.74 Å². The number of aryl methyl sites for hydroxylation is 1. The molecule has 0 saturated carbocycles. The zero-order valence-electron chi connectivity index (χ0n) is 22.9. The first-order valence-electron chi connectivity index (χ1n) is 13.3. The van der Waals surface area contributed by atoms with Crippen molar-refractivity contribution in [3.05, 3.63) is 29.8 Å². The topological polar surface area (TPSA) is 87.5 Å². The highest BCUT2D eigenvalue weighted by molar-refractivity contribution is 7.19. The molecule has 5 rings (SSSR count). The van der Waals surface area contributed by atoms with Crippen LogP contribution in [-0.4, -0.2) is 73.5 Å². The van der Waals surface area contributed by atoms with Crippen molar-refractivity contribution in [2.75, 3.05) is 31.6 Å². The van der Waals surface area contributed by atoms with Gasteiger partial charge in [-0.2, -0.15) is 10.2 Å². The number of thiazole rings is 1. The summed E-state index contributed by atoms with van der Waals surface area (Å²) < 4.78 is 7.33. The highest BCUT2D eigenvalue weighted by Gasteiger charge is 2.30. The van der Waals surface area contributed by atoms with Gasteiger partial charge in [0.15, 0.2) is 11.4 Å². The second-order valence-corrected chi connectivity index (χ2v) is 11.2. The molecular weight excluding hydrogens is 484 g/mol. The molecule has 1 aliphatic heterocycles. The SMILES string of the molecule is CCC(CC)N1CCN(c2sc(-c3[nH]nc(-c4cc(OC)c5ncnn5c4)c3C(C)C)nc2C)C(C)C1. The van der Waals surface area contributed by atoms with E-state index in [-0.39, 0.29) is 5.92 Å². The predicted molar refractivity (Wildman–Crippen MR) is 150 cm³/mol. The normalized spacial score (nSPS) is 17.0. The quantitative estimate of drug-likeness (QED) is 0.332. The summed E-state index contributed by atoms with van der Waals surface area (Å²) in [6.45, 7) is 16.7. The number of nitrogens with zero attached hydrogens (tertiary/aromatic N) is 7. The molecule has 1 aliphatic rings. The Morgan fingerprint density at radius 2 is 2.00 bits per heavy atom. The largest absolute Gasteiger partial charge is 0.493 e. The van der Waals surface area contributed by atoms with Crippen LogP contribution < -0.4 is 9.64 Å². The zero-order valence-corrected chi connectivity index (χ0v) is 23.8. The molecule has 0 bridgehead atoms. The van der Waals surface area contributed by atoms with Gasteiger partial charge < -0.3 is 9.64 Å². The number of rotatable bonds is 8. The summed E-state index contributed by atoms with van der Waals surface area (Å²) in [7, 11) is 1.65. The standard InChI is InChI=1S/C27H38N8OS/c1-8-20(9-2)33-10-11-34(17(5)13-33)27-18(6)30-26(37-27)24-22(16(3)4)23(31-32-24)19-12-21(36-7)25-28-15-29-35(25)14-19/h12,14-17,20H,8-11,13H2,1-7H3,(H,31,32). The van der Waals surface area contributed by atoms with Gasteiger partial charge in [-0.3, -0.25) is 10.00 Å². The minimum atomic E-state index is 0.247. The van der Waals surface area contributed by atoms with Gasteiger partial charge in [0, 0.05) is 49.0 Å². The minimum absolute atomic E-state index is 0.247. The van der Waals surface area contributed by atoms with E-state index in [2.05, 4.69) is 66.5 Å². The molecule has 5 heterocycles. The summed E-state index contributed by atoms with van der Waals surface area (Å²) in [6, 6.07) is 3.11. The van der Waals surface area contributed by atoms with Crippen molar-refractivity contribution >= 4 is 22.0 Å². The summed E-state index contributed by atoms with van der Waals surface area (Å²) >= 11 is 1.77. The van der Waals surface area contributed by atoms with Gasteiger partial charge in [0.1, 0.15) is 16.3 Å². The highest BCUT2D eigenvalue weighted by Crippen LogP contribution is 2.41. The van der Waals surface area contributed by atoms with Crippen molar-refractivity contribution in [1.82, 2.24) is 34.7 Å². The van der Waals surface area contributed by atoms with Crippen LogP contribution in [0.1, 0.15) is 64.6 Å². The van der Waals surface area contributed by atoms with Crippen molar-refractivity contribution in [2.24, 2.45) is 0 Å². The van der Waals surface area contributed by atoms with E-state index in [0.29, 0.717) is 23.5 Å². The van der Waals surface area contributed by atoms with Gasteiger partial charge >= 0.3 is 0 Å². The monoisotopic (exact) mass is 522 g/mol. The van der Waals surface area contributed by atoms with E-state index < -0.39 is 0 Å². The molecule has 1 fully saturated rings. The van der Waals surface area contributed by atoms with Gasteiger partial charge in [-0.1, -0.05) is 39.0 Å². The lowest BCUT2D eigenvalue weighted by Crippen LogP contribution is -2.54. The number of H-pyrrole nitrogens is 1. The van der Waals surface area contributed by atoms with Gasteiger partial charge in [-0.25, -0.2) is 14.5 Å². The van der Waals surface area contributed by atoms with Crippen LogP contribution in [0.15, 0.2) is 18.6 Å². The fraction of sp³-hybridized carbons (Fsp3) is 0.556. The summed E-state index contributed by atoms with van der Waals surface area (Å²) in [5, 5.41) is 14.7. The number of anilines is 1. The number of ether oxygens (including phenoxy) is 1. The number of piperazine rings is 1. The molecule has 1 atom stereocenters. The Hall–Kier alpha value is -2.98. The van der Waals surface area contributed by atoms with E-state index in [1.165, 1.54) is 24.2 Å². The summed E-state index contributed by atoms with van der Waals surface area (Å²) in [5.41, 5.74) is 5.73. The molecule has 1 N–H and O–H groups in total. The molecule has 0 radical (unpaired) electrons. The smallest absolute Gasteiger partial charge is 0.197 e. The van der Waals surface area contributed by atoms with Crippen LogP contribution in [0.2, 0.25) is 0 Å². The fourth-order valence-corrected chi connectivity index (χ4v) is 6.86. The van der Waals surface area contributed by atoms with Crippen LogP contribution in [0, 0.1) is 6.92 Å². The minimum Gasteiger partial charge on any atom is -0.493 e. The maximum Gasteiger partial charge on any atom is 0.197 e. The lowest BCUT2D eigenvalue weighted by Gasteiger charge is -2.43. The van der Waals surface area contributed by atoms with Gasteiger partial charge in [-0.15, -0.1) is 0 Å².